The molecule has 0 unspecified atom stereocenters. The molecule has 0 aromatic carbocycles. The Hall–Kier alpha value is -4.31. The lowest BCUT2D eigenvalue weighted by Gasteiger charge is -2.07. The molecule has 2 N–H and O–H groups in total. The summed E-state index contributed by atoms with van der Waals surface area (Å²) in [5, 5.41) is 3.27. The van der Waals surface area contributed by atoms with Gasteiger partial charge in [-0.15, -0.1) is 13.2 Å². The second kappa shape index (κ2) is 9.67. The quantitative estimate of drug-likeness (QED) is 0.215. The molecule has 0 saturated heterocycles. The zero-order valence-corrected chi connectivity index (χ0v) is 18.7. The first-order valence-electron chi connectivity index (χ1n) is 10.2. The van der Waals surface area contributed by atoms with Crippen LogP contribution in [0.15, 0.2) is 71.6 Å². The van der Waals surface area contributed by atoms with Crippen molar-refractivity contribution in [1.29, 1.82) is 0 Å². The molecule has 0 amide bonds. The molecule has 0 aliphatic carbocycles. The van der Waals surface area contributed by atoms with Gasteiger partial charge in [0.05, 0.1) is 6.54 Å². The normalized spacial score (nSPS) is 10.9. The number of hydrogen-bond acceptors (Lipinski definition) is 7. The second-order valence-corrected chi connectivity index (χ2v) is 7.64. The number of fused-ring (bicyclic) bond motifs is 1. The summed E-state index contributed by atoms with van der Waals surface area (Å²) in [5.41, 5.74) is 0.483. The highest BCUT2D eigenvalue weighted by Crippen LogP contribution is 2.19. The van der Waals surface area contributed by atoms with Crippen molar-refractivity contribution in [1.82, 2.24) is 29.1 Å². The number of anilines is 1. The third kappa shape index (κ3) is 4.44. The number of nitrogens with zero attached hydrogens (tertiary/aromatic N) is 5. The summed E-state index contributed by atoms with van der Waals surface area (Å²) in [6.07, 6.45) is 6.00. The molecule has 34 heavy (non-hydrogen) atoms. The number of aromatic nitrogens is 6. The van der Waals surface area contributed by atoms with Crippen molar-refractivity contribution >= 4 is 34.4 Å². The van der Waals surface area contributed by atoms with E-state index >= 15 is 0 Å². The average molecular weight is 478 g/mol. The molecular formula is C23H20ClN7O3. The van der Waals surface area contributed by atoms with E-state index in [2.05, 4.69) is 38.4 Å². The molecule has 0 atom stereocenters. The fourth-order valence-electron chi connectivity index (χ4n) is 3.34. The molecule has 11 heteroatoms. The van der Waals surface area contributed by atoms with Crippen LogP contribution in [0, 0.1) is 0 Å². The summed E-state index contributed by atoms with van der Waals surface area (Å²) in [6.45, 7) is 7.57. The van der Waals surface area contributed by atoms with E-state index in [1.165, 1.54) is 16.8 Å². The molecule has 4 aromatic heterocycles. The average Bonchev–Trinajstić information content (AvgIpc) is 3.29. The number of pyridine rings is 2. The first-order chi connectivity index (χ1) is 16.4. The first kappa shape index (κ1) is 22.9. The van der Waals surface area contributed by atoms with Gasteiger partial charge in [-0.2, -0.15) is 0 Å². The van der Waals surface area contributed by atoms with E-state index in [0.717, 1.165) is 4.57 Å². The number of carbonyl (C=O) groups is 1. The van der Waals surface area contributed by atoms with Gasteiger partial charge in [0.1, 0.15) is 22.3 Å². The molecule has 0 aliphatic rings. The minimum absolute atomic E-state index is 0.0248. The lowest BCUT2D eigenvalue weighted by molar-refractivity contribution is 0.101. The van der Waals surface area contributed by atoms with E-state index < -0.39 is 11.2 Å². The smallest absolute Gasteiger partial charge is 0.333 e. The summed E-state index contributed by atoms with van der Waals surface area (Å²) in [4.78, 5) is 53.5. The standard InChI is InChI=1S/C23H20ClN7O3/c1-3-9-30-21-19(22(33)31(10-4-2)23(30)34)28-20(29-21)15-6-8-18(26-12-15)27-13-16(32)14-5-7-17(24)25-11-14/h3-8,11-12H,1-2,9-10,13H2,(H,26,27)(H,28,29). The van der Waals surface area contributed by atoms with Gasteiger partial charge >= 0.3 is 5.69 Å². The van der Waals surface area contributed by atoms with E-state index in [9.17, 15) is 14.4 Å². The number of hydrogen-bond donors (Lipinski definition) is 2. The van der Waals surface area contributed by atoms with Crippen molar-refractivity contribution < 1.29 is 4.79 Å². The van der Waals surface area contributed by atoms with Crippen LogP contribution in [-0.2, 0) is 13.1 Å². The molecule has 4 rings (SSSR count). The maximum atomic E-state index is 12.8. The van der Waals surface area contributed by atoms with Crippen LogP contribution in [0.3, 0.4) is 0 Å². The zero-order valence-electron chi connectivity index (χ0n) is 18.0. The predicted molar refractivity (Wildman–Crippen MR) is 130 cm³/mol. The Morgan fingerprint density at radius 1 is 1.06 bits per heavy atom. The molecule has 10 nitrogen and oxygen atoms in total. The number of rotatable bonds is 9. The van der Waals surface area contributed by atoms with Gasteiger partial charge in [0.25, 0.3) is 5.56 Å². The van der Waals surface area contributed by atoms with Gasteiger partial charge in [-0.1, -0.05) is 23.8 Å². The van der Waals surface area contributed by atoms with Crippen LogP contribution < -0.4 is 16.6 Å². The molecule has 4 heterocycles. The summed E-state index contributed by atoms with van der Waals surface area (Å²) < 4.78 is 2.45. The van der Waals surface area contributed by atoms with Gasteiger partial charge < -0.3 is 10.3 Å². The number of nitrogens with one attached hydrogen (secondary N) is 2. The molecule has 4 aromatic rings. The third-order valence-corrected chi connectivity index (χ3v) is 5.22. The minimum Gasteiger partial charge on any atom is -0.363 e. The Bertz CT molecular complexity index is 1500. The Kier molecular flexibility index (Phi) is 6.51. The molecule has 0 saturated carbocycles. The van der Waals surface area contributed by atoms with E-state index in [1.807, 2.05) is 0 Å². The predicted octanol–water partition coefficient (Wildman–Crippen LogP) is 2.66. The molecule has 0 bridgehead atoms. The van der Waals surface area contributed by atoms with Gasteiger partial charge in [-0.3, -0.25) is 18.7 Å². The Morgan fingerprint density at radius 2 is 1.82 bits per heavy atom. The van der Waals surface area contributed by atoms with Crippen LogP contribution in [-0.4, -0.2) is 41.4 Å². The number of imidazole rings is 1. The number of Topliss-reactive ketones (excluding diaryl/α,β-unsaturated/α-hetero) is 1. The van der Waals surface area contributed by atoms with Crippen LogP contribution in [0.1, 0.15) is 10.4 Å². The van der Waals surface area contributed by atoms with Crippen molar-refractivity contribution in [2.45, 2.75) is 13.1 Å². The van der Waals surface area contributed by atoms with Gasteiger partial charge in [0.2, 0.25) is 0 Å². The van der Waals surface area contributed by atoms with E-state index in [0.29, 0.717) is 27.9 Å². The first-order valence-corrected chi connectivity index (χ1v) is 10.6. The summed E-state index contributed by atoms with van der Waals surface area (Å²) in [7, 11) is 0. The second-order valence-electron chi connectivity index (χ2n) is 7.25. The maximum Gasteiger partial charge on any atom is 0.333 e. The third-order valence-electron chi connectivity index (χ3n) is 5.00. The summed E-state index contributed by atoms with van der Waals surface area (Å²) in [5.74, 6) is 0.693. The Labute approximate surface area is 198 Å². The lowest BCUT2D eigenvalue weighted by atomic mass is 10.2. The molecule has 0 fully saturated rings. The van der Waals surface area contributed by atoms with Gasteiger partial charge in [0.15, 0.2) is 11.4 Å². The van der Waals surface area contributed by atoms with Crippen molar-refractivity contribution in [2.24, 2.45) is 0 Å². The molecule has 0 radical (unpaired) electrons. The maximum absolute atomic E-state index is 12.8. The lowest BCUT2D eigenvalue weighted by Crippen LogP contribution is -2.39. The highest BCUT2D eigenvalue weighted by atomic mass is 35.5. The molecule has 0 spiro atoms. The highest BCUT2D eigenvalue weighted by Gasteiger charge is 2.17. The largest absolute Gasteiger partial charge is 0.363 e. The number of halogens is 1. The van der Waals surface area contributed by atoms with Crippen LogP contribution in [0.4, 0.5) is 5.82 Å². The van der Waals surface area contributed by atoms with Crippen LogP contribution in [0.25, 0.3) is 22.6 Å². The van der Waals surface area contributed by atoms with Gasteiger partial charge in [0, 0.05) is 36.6 Å². The van der Waals surface area contributed by atoms with E-state index in [4.69, 9.17) is 11.6 Å². The fraction of sp³-hybridized carbons (Fsp3) is 0.130. The van der Waals surface area contributed by atoms with Crippen LogP contribution in [0.2, 0.25) is 5.15 Å². The minimum atomic E-state index is -0.492. The van der Waals surface area contributed by atoms with Crippen LogP contribution >= 0.6 is 11.6 Å². The number of allylic oxidation sites excluding steroid dienone is 2. The topological polar surface area (TPSA) is 128 Å². The van der Waals surface area contributed by atoms with E-state index in [1.54, 1.807) is 36.5 Å². The SMILES string of the molecule is C=CCn1c(=O)c2[nH]c(-c3ccc(NCC(=O)c4ccc(Cl)nc4)nc3)nc2n(CC=C)c1=O. The van der Waals surface area contributed by atoms with Gasteiger partial charge in [-0.25, -0.2) is 19.7 Å². The highest BCUT2D eigenvalue weighted by molar-refractivity contribution is 6.29. The van der Waals surface area contributed by atoms with Crippen molar-refractivity contribution in [2.75, 3.05) is 11.9 Å². The number of H-pyrrole nitrogens is 1. The molecule has 0 aliphatic heterocycles. The summed E-state index contributed by atoms with van der Waals surface area (Å²) in [6, 6.07) is 6.57. The van der Waals surface area contributed by atoms with Crippen molar-refractivity contribution in [3.8, 4) is 11.4 Å². The van der Waals surface area contributed by atoms with E-state index in [-0.39, 0.29) is 36.6 Å². The number of aromatic amines is 1. The number of carbonyl (C=O) groups excluding carboxylic acids is 1. The van der Waals surface area contributed by atoms with Crippen molar-refractivity contribution in [3.05, 3.63) is 93.5 Å². The molecular weight excluding hydrogens is 458 g/mol. The Morgan fingerprint density at radius 3 is 2.47 bits per heavy atom. The van der Waals surface area contributed by atoms with Crippen LogP contribution in [0.5, 0.6) is 0 Å². The molecule has 172 valence electrons. The monoisotopic (exact) mass is 477 g/mol. The Balaban J connectivity index is 1.59. The summed E-state index contributed by atoms with van der Waals surface area (Å²) >= 11 is 5.74. The van der Waals surface area contributed by atoms with Gasteiger partial charge in [-0.05, 0) is 24.3 Å². The number of ketones is 1. The van der Waals surface area contributed by atoms with Crippen molar-refractivity contribution in [3.63, 3.8) is 0 Å². The zero-order chi connectivity index (χ0) is 24.2. The fourth-order valence-corrected chi connectivity index (χ4v) is 3.45.